The number of rotatable bonds is 1. The molecule has 0 saturated carbocycles. The van der Waals surface area contributed by atoms with E-state index in [2.05, 4.69) is 10.3 Å². The second kappa shape index (κ2) is 3.84. The van der Waals surface area contributed by atoms with Gasteiger partial charge >= 0.3 is 6.09 Å². The van der Waals surface area contributed by atoms with E-state index in [1.54, 1.807) is 18.5 Å². The first-order valence-corrected chi connectivity index (χ1v) is 4.68. The van der Waals surface area contributed by atoms with Crippen molar-refractivity contribution in [3.63, 3.8) is 0 Å². The molecule has 0 radical (unpaired) electrons. The molecule has 14 heavy (non-hydrogen) atoms. The van der Waals surface area contributed by atoms with Gasteiger partial charge in [0.2, 0.25) is 0 Å². The van der Waals surface area contributed by atoms with Gasteiger partial charge < -0.3 is 10.1 Å². The first-order chi connectivity index (χ1) is 6.77. The molecular weight excluding hydrogens is 204 g/mol. The Balaban J connectivity index is 2.22. The van der Waals surface area contributed by atoms with Crippen molar-refractivity contribution in [2.45, 2.75) is 12.5 Å². The maximum absolute atomic E-state index is 11.0. The van der Waals surface area contributed by atoms with Crippen LogP contribution in [0, 0.1) is 0 Å². The standard InChI is InChI=1S/C9H9ClN2O2/c10-7-5-11-3-1-6(7)8-2-4-14-9(13)12-8/h1,3,5,8H,2,4H2,(H,12,13)/t8-/m1/s1. The zero-order valence-electron chi connectivity index (χ0n) is 7.37. The van der Waals surface area contributed by atoms with Gasteiger partial charge in [-0.15, -0.1) is 0 Å². The molecule has 1 atom stereocenters. The Kier molecular flexibility index (Phi) is 2.54. The summed E-state index contributed by atoms with van der Waals surface area (Å²) in [6, 6.07) is 1.74. The van der Waals surface area contributed by atoms with E-state index in [1.807, 2.05) is 0 Å². The van der Waals surface area contributed by atoms with Crippen molar-refractivity contribution in [2.24, 2.45) is 0 Å². The summed E-state index contributed by atoms with van der Waals surface area (Å²) in [5.41, 5.74) is 0.887. The van der Waals surface area contributed by atoms with E-state index in [0.29, 0.717) is 11.6 Å². The number of pyridine rings is 1. The third-order valence-electron chi connectivity index (χ3n) is 2.11. The molecule has 1 N–H and O–H groups in total. The minimum absolute atomic E-state index is 0.0632. The lowest BCUT2D eigenvalue weighted by Gasteiger charge is -2.24. The Bertz CT molecular complexity index is 356. The molecule has 0 aromatic carbocycles. The summed E-state index contributed by atoms with van der Waals surface area (Å²) < 4.78 is 4.76. The number of nitrogens with one attached hydrogen (secondary N) is 1. The monoisotopic (exact) mass is 212 g/mol. The number of aromatic nitrogens is 1. The highest BCUT2D eigenvalue weighted by molar-refractivity contribution is 6.31. The predicted octanol–water partition coefficient (Wildman–Crippen LogP) is 1.91. The Labute approximate surface area is 86.2 Å². The normalized spacial score (nSPS) is 21.2. The average Bonchev–Trinajstić information content (AvgIpc) is 2.18. The van der Waals surface area contributed by atoms with Gasteiger partial charge in [0.1, 0.15) is 0 Å². The van der Waals surface area contributed by atoms with Crippen molar-refractivity contribution in [2.75, 3.05) is 6.61 Å². The van der Waals surface area contributed by atoms with Gasteiger partial charge in [-0.1, -0.05) is 11.6 Å². The lowest BCUT2D eigenvalue weighted by molar-refractivity contribution is 0.115. The van der Waals surface area contributed by atoms with E-state index in [4.69, 9.17) is 16.3 Å². The van der Waals surface area contributed by atoms with Crippen molar-refractivity contribution in [1.82, 2.24) is 10.3 Å². The molecule has 1 aromatic heterocycles. The number of hydrogen-bond acceptors (Lipinski definition) is 3. The molecule has 74 valence electrons. The molecule has 1 aliphatic rings. The SMILES string of the molecule is O=C1N[C@@H](c2ccncc2Cl)CCO1. The van der Waals surface area contributed by atoms with Crippen LogP contribution in [0.5, 0.6) is 0 Å². The van der Waals surface area contributed by atoms with E-state index in [9.17, 15) is 4.79 Å². The van der Waals surface area contributed by atoms with Gasteiger partial charge in [0.05, 0.1) is 17.7 Å². The highest BCUT2D eigenvalue weighted by Gasteiger charge is 2.22. The van der Waals surface area contributed by atoms with E-state index in [-0.39, 0.29) is 6.04 Å². The van der Waals surface area contributed by atoms with Crippen molar-refractivity contribution in [3.8, 4) is 0 Å². The molecule has 0 aliphatic carbocycles. The van der Waals surface area contributed by atoms with E-state index >= 15 is 0 Å². The third-order valence-corrected chi connectivity index (χ3v) is 2.43. The Morgan fingerprint density at radius 2 is 2.50 bits per heavy atom. The van der Waals surface area contributed by atoms with Crippen LogP contribution in [0.25, 0.3) is 0 Å². The van der Waals surface area contributed by atoms with Crippen LogP contribution in [-0.2, 0) is 4.74 Å². The topological polar surface area (TPSA) is 51.2 Å². The zero-order valence-corrected chi connectivity index (χ0v) is 8.12. The zero-order chi connectivity index (χ0) is 9.97. The summed E-state index contributed by atoms with van der Waals surface area (Å²) in [6.45, 7) is 0.426. The van der Waals surface area contributed by atoms with Crippen LogP contribution in [0.2, 0.25) is 5.02 Å². The molecule has 5 heteroatoms. The number of cyclic esters (lactones) is 1. The molecule has 1 aromatic rings. The van der Waals surface area contributed by atoms with Crippen molar-refractivity contribution >= 4 is 17.7 Å². The second-order valence-corrected chi connectivity index (χ2v) is 3.43. The van der Waals surface area contributed by atoms with Crippen LogP contribution in [-0.4, -0.2) is 17.7 Å². The molecular formula is C9H9ClN2O2. The van der Waals surface area contributed by atoms with Crippen molar-refractivity contribution in [3.05, 3.63) is 29.0 Å². The van der Waals surface area contributed by atoms with Gasteiger partial charge in [-0.2, -0.15) is 0 Å². The smallest absolute Gasteiger partial charge is 0.407 e. The number of hydrogen-bond donors (Lipinski definition) is 1. The maximum atomic E-state index is 11.0. The first-order valence-electron chi connectivity index (χ1n) is 4.30. The minimum Gasteiger partial charge on any atom is -0.449 e. The lowest BCUT2D eigenvalue weighted by atomic mass is 10.1. The number of carbonyl (C=O) groups is 1. The molecule has 4 nitrogen and oxygen atoms in total. The Morgan fingerprint density at radius 3 is 3.21 bits per heavy atom. The summed E-state index contributed by atoms with van der Waals surface area (Å²) in [5.74, 6) is 0. The molecule has 0 spiro atoms. The van der Waals surface area contributed by atoms with Crippen LogP contribution in [0.4, 0.5) is 4.79 Å². The van der Waals surface area contributed by atoms with Crippen LogP contribution >= 0.6 is 11.6 Å². The van der Waals surface area contributed by atoms with Gasteiger partial charge in [-0.05, 0) is 11.6 Å². The summed E-state index contributed by atoms with van der Waals surface area (Å²) >= 11 is 5.95. The number of alkyl carbamates (subject to hydrolysis) is 1. The summed E-state index contributed by atoms with van der Waals surface area (Å²) in [4.78, 5) is 14.8. The maximum Gasteiger partial charge on any atom is 0.407 e. The number of amides is 1. The molecule has 0 bridgehead atoms. The number of nitrogens with zero attached hydrogens (tertiary/aromatic N) is 1. The molecule has 1 amide bonds. The summed E-state index contributed by atoms with van der Waals surface area (Å²) in [6.07, 6.45) is 3.56. The minimum atomic E-state index is -0.394. The number of ether oxygens (including phenoxy) is 1. The van der Waals surface area contributed by atoms with Crippen LogP contribution in [0.3, 0.4) is 0 Å². The van der Waals surface area contributed by atoms with E-state index < -0.39 is 6.09 Å². The van der Waals surface area contributed by atoms with Gasteiger partial charge in [-0.25, -0.2) is 4.79 Å². The van der Waals surface area contributed by atoms with Gasteiger partial charge in [0.25, 0.3) is 0 Å². The van der Waals surface area contributed by atoms with Crippen LogP contribution in [0.15, 0.2) is 18.5 Å². The summed E-state index contributed by atoms with van der Waals surface area (Å²) in [7, 11) is 0. The predicted molar refractivity (Wildman–Crippen MR) is 51.1 cm³/mol. The lowest BCUT2D eigenvalue weighted by Crippen LogP contribution is -2.35. The average molecular weight is 213 g/mol. The number of carbonyl (C=O) groups excluding carboxylic acids is 1. The molecule has 1 fully saturated rings. The van der Waals surface area contributed by atoms with E-state index in [0.717, 1.165) is 12.0 Å². The second-order valence-electron chi connectivity index (χ2n) is 3.02. The highest BCUT2D eigenvalue weighted by atomic mass is 35.5. The quantitative estimate of drug-likeness (QED) is 0.774. The van der Waals surface area contributed by atoms with Crippen LogP contribution in [0.1, 0.15) is 18.0 Å². The fraction of sp³-hybridized carbons (Fsp3) is 0.333. The molecule has 0 unspecified atom stereocenters. The van der Waals surface area contributed by atoms with Gasteiger partial charge in [0.15, 0.2) is 0 Å². The van der Waals surface area contributed by atoms with Crippen LogP contribution < -0.4 is 5.32 Å². The summed E-state index contributed by atoms with van der Waals surface area (Å²) in [5, 5.41) is 3.27. The van der Waals surface area contributed by atoms with Crippen molar-refractivity contribution in [1.29, 1.82) is 0 Å². The van der Waals surface area contributed by atoms with Gasteiger partial charge in [0, 0.05) is 18.8 Å². The fourth-order valence-electron chi connectivity index (χ4n) is 1.43. The number of halogens is 1. The van der Waals surface area contributed by atoms with Crippen molar-refractivity contribution < 1.29 is 9.53 Å². The molecule has 2 heterocycles. The highest BCUT2D eigenvalue weighted by Crippen LogP contribution is 2.25. The fourth-order valence-corrected chi connectivity index (χ4v) is 1.68. The third kappa shape index (κ3) is 1.80. The largest absolute Gasteiger partial charge is 0.449 e. The first kappa shape index (κ1) is 9.27. The Morgan fingerprint density at radius 1 is 1.64 bits per heavy atom. The van der Waals surface area contributed by atoms with E-state index in [1.165, 1.54) is 0 Å². The molecule has 1 aliphatic heterocycles. The Hall–Kier alpha value is -1.29. The molecule has 1 saturated heterocycles. The molecule has 2 rings (SSSR count). The van der Waals surface area contributed by atoms with Gasteiger partial charge in [-0.3, -0.25) is 4.98 Å².